The molecule has 0 radical (unpaired) electrons. The summed E-state index contributed by atoms with van der Waals surface area (Å²) in [5.74, 6) is 0.799. The number of halogens is 1. The molecule has 2 aromatic rings. The highest BCUT2D eigenvalue weighted by Crippen LogP contribution is 2.32. The van der Waals surface area contributed by atoms with Gasteiger partial charge < -0.3 is 5.73 Å². The van der Waals surface area contributed by atoms with Crippen molar-refractivity contribution in [1.29, 1.82) is 0 Å². The van der Waals surface area contributed by atoms with Crippen molar-refractivity contribution in [2.75, 3.05) is 0 Å². The lowest BCUT2D eigenvalue weighted by atomic mass is 10.1. The maximum absolute atomic E-state index is 6.23. The Morgan fingerprint density at radius 3 is 2.89 bits per heavy atom. The molecule has 1 aromatic heterocycles. The SMILES string of the molecule is Cc1nc(Sc2cccc(Cl)c2CC(C)N)n[nH]1. The third kappa shape index (κ3) is 3.25. The van der Waals surface area contributed by atoms with Gasteiger partial charge in [0, 0.05) is 16.0 Å². The fourth-order valence-corrected chi connectivity index (χ4v) is 2.86. The molecule has 18 heavy (non-hydrogen) atoms. The smallest absolute Gasteiger partial charge is 0.213 e. The van der Waals surface area contributed by atoms with Crippen molar-refractivity contribution in [3.8, 4) is 0 Å². The van der Waals surface area contributed by atoms with Gasteiger partial charge in [0.05, 0.1) is 0 Å². The zero-order valence-electron chi connectivity index (χ0n) is 10.3. The highest BCUT2D eigenvalue weighted by Gasteiger charge is 2.12. The Morgan fingerprint density at radius 2 is 2.28 bits per heavy atom. The molecule has 0 aliphatic carbocycles. The lowest BCUT2D eigenvalue weighted by molar-refractivity contribution is 0.729. The fourth-order valence-electron chi connectivity index (χ4n) is 1.62. The first-order valence-electron chi connectivity index (χ1n) is 5.66. The molecule has 0 fully saturated rings. The lowest BCUT2D eigenvalue weighted by Crippen LogP contribution is -2.18. The second kappa shape index (κ2) is 5.73. The summed E-state index contributed by atoms with van der Waals surface area (Å²) in [4.78, 5) is 5.33. The van der Waals surface area contributed by atoms with Crippen LogP contribution in [0.1, 0.15) is 18.3 Å². The number of aryl methyl sites for hydroxylation is 1. The number of aromatic nitrogens is 3. The zero-order chi connectivity index (χ0) is 13.1. The second-order valence-electron chi connectivity index (χ2n) is 4.20. The van der Waals surface area contributed by atoms with E-state index in [1.807, 2.05) is 32.0 Å². The van der Waals surface area contributed by atoms with Crippen molar-refractivity contribution >= 4 is 23.4 Å². The quantitative estimate of drug-likeness (QED) is 0.905. The van der Waals surface area contributed by atoms with E-state index >= 15 is 0 Å². The van der Waals surface area contributed by atoms with Crippen LogP contribution < -0.4 is 5.73 Å². The number of benzene rings is 1. The van der Waals surface area contributed by atoms with Crippen molar-refractivity contribution in [2.45, 2.75) is 36.4 Å². The largest absolute Gasteiger partial charge is 0.328 e. The number of H-pyrrole nitrogens is 1. The fraction of sp³-hybridized carbons (Fsp3) is 0.333. The van der Waals surface area contributed by atoms with Crippen LogP contribution in [0.3, 0.4) is 0 Å². The molecule has 0 spiro atoms. The summed E-state index contributed by atoms with van der Waals surface area (Å²) in [6.45, 7) is 3.84. The van der Waals surface area contributed by atoms with Crippen LogP contribution in [-0.4, -0.2) is 21.2 Å². The molecule has 0 aliphatic rings. The van der Waals surface area contributed by atoms with Crippen LogP contribution in [0.5, 0.6) is 0 Å². The molecular formula is C12H15ClN4S. The van der Waals surface area contributed by atoms with E-state index in [0.717, 1.165) is 27.7 Å². The number of hydrogen-bond donors (Lipinski definition) is 2. The first-order chi connectivity index (χ1) is 8.56. The molecule has 0 aliphatic heterocycles. The molecule has 6 heteroatoms. The van der Waals surface area contributed by atoms with Gasteiger partial charge in [-0.05, 0) is 49.7 Å². The van der Waals surface area contributed by atoms with Gasteiger partial charge in [-0.1, -0.05) is 17.7 Å². The summed E-state index contributed by atoms with van der Waals surface area (Å²) in [6, 6.07) is 5.89. The minimum Gasteiger partial charge on any atom is -0.328 e. The molecule has 0 bridgehead atoms. The molecule has 3 N–H and O–H groups in total. The number of aromatic amines is 1. The molecule has 0 saturated carbocycles. The number of hydrogen-bond acceptors (Lipinski definition) is 4. The van der Waals surface area contributed by atoms with E-state index in [1.54, 1.807) is 0 Å². The summed E-state index contributed by atoms with van der Waals surface area (Å²) in [6.07, 6.45) is 0.741. The first kappa shape index (κ1) is 13.4. The van der Waals surface area contributed by atoms with E-state index in [9.17, 15) is 0 Å². The summed E-state index contributed by atoms with van der Waals surface area (Å²) < 4.78 is 0. The van der Waals surface area contributed by atoms with Crippen LogP contribution in [0.2, 0.25) is 5.02 Å². The minimum absolute atomic E-state index is 0.0677. The molecule has 1 aromatic carbocycles. The molecule has 0 saturated heterocycles. The van der Waals surface area contributed by atoms with Gasteiger partial charge in [-0.25, -0.2) is 4.98 Å². The van der Waals surface area contributed by atoms with Gasteiger partial charge in [0.1, 0.15) is 5.82 Å². The molecule has 0 amide bonds. The Bertz CT molecular complexity index is 539. The molecule has 1 heterocycles. The van der Waals surface area contributed by atoms with Crippen LogP contribution in [0, 0.1) is 6.92 Å². The van der Waals surface area contributed by atoms with Gasteiger partial charge in [-0.3, -0.25) is 5.10 Å². The normalized spacial score (nSPS) is 12.7. The first-order valence-corrected chi connectivity index (χ1v) is 6.85. The van der Waals surface area contributed by atoms with Gasteiger partial charge in [0.25, 0.3) is 0 Å². The summed E-state index contributed by atoms with van der Waals surface area (Å²) in [5.41, 5.74) is 6.91. The third-order valence-electron chi connectivity index (χ3n) is 2.38. The van der Waals surface area contributed by atoms with E-state index < -0.39 is 0 Å². The topological polar surface area (TPSA) is 67.6 Å². The van der Waals surface area contributed by atoms with Crippen molar-refractivity contribution in [2.24, 2.45) is 5.73 Å². The predicted octanol–water partition coefficient (Wildman–Crippen LogP) is 2.81. The Morgan fingerprint density at radius 1 is 1.50 bits per heavy atom. The van der Waals surface area contributed by atoms with Gasteiger partial charge in [-0.2, -0.15) is 0 Å². The van der Waals surface area contributed by atoms with E-state index in [0.29, 0.717) is 5.16 Å². The Balaban J connectivity index is 2.29. The van der Waals surface area contributed by atoms with Gasteiger partial charge in [0.2, 0.25) is 5.16 Å². The average molecular weight is 283 g/mol. The van der Waals surface area contributed by atoms with Crippen molar-refractivity contribution < 1.29 is 0 Å². The van der Waals surface area contributed by atoms with Crippen LogP contribution in [-0.2, 0) is 6.42 Å². The third-order valence-corrected chi connectivity index (χ3v) is 3.70. The average Bonchev–Trinajstić information content (AvgIpc) is 2.69. The van der Waals surface area contributed by atoms with Crippen molar-refractivity contribution in [3.63, 3.8) is 0 Å². The predicted molar refractivity (Wildman–Crippen MR) is 74.0 cm³/mol. The Hall–Kier alpha value is -1.04. The number of rotatable bonds is 4. The number of nitrogens with two attached hydrogens (primary N) is 1. The van der Waals surface area contributed by atoms with Crippen molar-refractivity contribution in [1.82, 2.24) is 15.2 Å². The highest BCUT2D eigenvalue weighted by atomic mass is 35.5. The Kier molecular flexibility index (Phi) is 4.27. The number of nitrogens with zero attached hydrogens (tertiary/aromatic N) is 2. The second-order valence-corrected chi connectivity index (χ2v) is 5.62. The summed E-state index contributed by atoms with van der Waals surface area (Å²) in [5, 5.41) is 8.37. The number of nitrogens with one attached hydrogen (secondary N) is 1. The van der Waals surface area contributed by atoms with Crippen LogP contribution in [0.4, 0.5) is 0 Å². The van der Waals surface area contributed by atoms with E-state index in [2.05, 4.69) is 15.2 Å². The maximum atomic E-state index is 6.23. The van der Waals surface area contributed by atoms with Gasteiger partial charge in [-0.15, -0.1) is 5.10 Å². The molecule has 4 nitrogen and oxygen atoms in total. The molecule has 96 valence electrons. The maximum Gasteiger partial charge on any atom is 0.213 e. The van der Waals surface area contributed by atoms with E-state index in [1.165, 1.54) is 11.8 Å². The standard InChI is InChI=1S/C12H15ClN4S/c1-7(14)6-9-10(13)4-3-5-11(9)18-12-15-8(2)16-17-12/h3-5,7H,6,14H2,1-2H3,(H,15,16,17). The van der Waals surface area contributed by atoms with E-state index in [4.69, 9.17) is 17.3 Å². The highest BCUT2D eigenvalue weighted by molar-refractivity contribution is 7.99. The zero-order valence-corrected chi connectivity index (χ0v) is 11.8. The van der Waals surface area contributed by atoms with Crippen LogP contribution >= 0.6 is 23.4 Å². The van der Waals surface area contributed by atoms with Crippen molar-refractivity contribution in [3.05, 3.63) is 34.6 Å². The molecular weight excluding hydrogens is 268 g/mol. The molecule has 2 rings (SSSR count). The monoisotopic (exact) mass is 282 g/mol. The van der Waals surface area contributed by atoms with Gasteiger partial charge in [0.15, 0.2) is 0 Å². The summed E-state index contributed by atoms with van der Waals surface area (Å²) >= 11 is 7.73. The summed E-state index contributed by atoms with van der Waals surface area (Å²) in [7, 11) is 0. The van der Waals surface area contributed by atoms with Crippen LogP contribution in [0.15, 0.2) is 28.3 Å². The minimum atomic E-state index is 0.0677. The molecule has 1 unspecified atom stereocenters. The van der Waals surface area contributed by atoms with Gasteiger partial charge >= 0.3 is 0 Å². The molecule has 1 atom stereocenters. The van der Waals surface area contributed by atoms with E-state index in [-0.39, 0.29) is 6.04 Å². The van der Waals surface area contributed by atoms with Crippen LogP contribution in [0.25, 0.3) is 0 Å². The lowest BCUT2D eigenvalue weighted by Gasteiger charge is -2.11. The Labute approximate surface area is 115 Å².